The highest BCUT2D eigenvalue weighted by atomic mass is 15.2. The maximum Gasteiger partial charge on any atom is 0.136 e. The molecular weight excluding hydrogens is 258 g/mol. The highest BCUT2D eigenvalue weighted by Gasteiger charge is 2.12. The van der Waals surface area contributed by atoms with Gasteiger partial charge in [0.2, 0.25) is 0 Å². The number of aromatic nitrogens is 1. The molecule has 0 saturated heterocycles. The number of nitrogens with one attached hydrogen (secondary N) is 1. The fraction of sp³-hybridized carbons (Fsp3) is 0.389. The van der Waals surface area contributed by atoms with Gasteiger partial charge in [0.05, 0.1) is 5.69 Å². The van der Waals surface area contributed by atoms with Crippen LogP contribution in [0.2, 0.25) is 0 Å². The van der Waals surface area contributed by atoms with Crippen molar-refractivity contribution in [3.05, 3.63) is 48.7 Å². The van der Waals surface area contributed by atoms with E-state index >= 15 is 0 Å². The summed E-state index contributed by atoms with van der Waals surface area (Å²) in [5.41, 5.74) is 1.15. The average Bonchev–Trinajstić information content (AvgIpc) is 2.43. The van der Waals surface area contributed by atoms with Crippen LogP contribution in [-0.2, 0) is 6.54 Å². The molecule has 1 aromatic heterocycles. The maximum absolute atomic E-state index is 4.84. The molecule has 0 radical (unpaired) electrons. The van der Waals surface area contributed by atoms with Gasteiger partial charge in [0, 0.05) is 31.1 Å². The van der Waals surface area contributed by atoms with E-state index in [0.717, 1.165) is 24.6 Å². The van der Waals surface area contributed by atoms with E-state index in [1.54, 1.807) is 0 Å². The van der Waals surface area contributed by atoms with Crippen molar-refractivity contribution >= 4 is 16.6 Å². The highest BCUT2D eigenvalue weighted by molar-refractivity contribution is 5.92. The largest absolute Gasteiger partial charge is 0.355 e. The summed E-state index contributed by atoms with van der Waals surface area (Å²) in [6, 6.07) is 10.6. The third-order valence-corrected chi connectivity index (χ3v) is 3.34. The summed E-state index contributed by atoms with van der Waals surface area (Å²) in [5.74, 6) is 1.01. The Bertz CT molecular complexity index is 626. The number of fused-ring (bicyclic) bond motifs is 1. The topological polar surface area (TPSA) is 28.2 Å². The first-order valence-corrected chi connectivity index (χ1v) is 7.36. The van der Waals surface area contributed by atoms with Crippen molar-refractivity contribution in [3.8, 4) is 0 Å². The van der Waals surface area contributed by atoms with Gasteiger partial charge in [-0.3, -0.25) is 0 Å². The Morgan fingerprint density at radius 1 is 1.29 bits per heavy atom. The molecule has 0 aliphatic heterocycles. The molecule has 1 heterocycles. The Morgan fingerprint density at radius 3 is 2.67 bits per heavy atom. The SMILES string of the molecule is C=CCN(C)c1nc(CNC(C)(C)C)cc2ccccc12. The van der Waals surface area contributed by atoms with Gasteiger partial charge >= 0.3 is 0 Å². The Morgan fingerprint density at radius 2 is 2.00 bits per heavy atom. The molecule has 3 heteroatoms. The van der Waals surface area contributed by atoms with Gasteiger partial charge in [-0.2, -0.15) is 0 Å². The quantitative estimate of drug-likeness (QED) is 0.847. The second-order valence-corrected chi connectivity index (χ2v) is 6.43. The summed E-state index contributed by atoms with van der Waals surface area (Å²) in [6.07, 6.45) is 1.90. The van der Waals surface area contributed by atoms with Crippen LogP contribution in [0.5, 0.6) is 0 Å². The van der Waals surface area contributed by atoms with E-state index in [4.69, 9.17) is 4.98 Å². The molecule has 112 valence electrons. The van der Waals surface area contributed by atoms with Crippen molar-refractivity contribution in [1.29, 1.82) is 0 Å². The monoisotopic (exact) mass is 283 g/mol. The summed E-state index contributed by atoms with van der Waals surface area (Å²) in [7, 11) is 2.05. The molecular formula is C18H25N3. The maximum atomic E-state index is 4.84. The summed E-state index contributed by atoms with van der Waals surface area (Å²) in [5, 5.41) is 5.91. The number of hydrogen-bond acceptors (Lipinski definition) is 3. The number of benzene rings is 1. The second-order valence-electron chi connectivity index (χ2n) is 6.43. The smallest absolute Gasteiger partial charge is 0.136 e. The standard InChI is InChI=1S/C18H25N3/c1-6-11-21(5)17-16-10-8-7-9-14(16)12-15(20-17)13-19-18(2,3)4/h6-10,12,19H,1,11,13H2,2-5H3. The van der Waals surface area contributed by atoms with Crippen molar-refractivity contribution in [1.82, 2.24) is 10.3 Å². The molecule has 0 spiro atoms. The van der Waals surface area contributed by atoms with E-state index in [0.29, 0.717) is 0 Å². The van der Waals surface area contributed by atoms with Crippen LogP contribution in [0.3, 0.4) is 0 Å². The van der Waals surface area contributed by atoms with Gasteiger partial charge in [0.1, 0.15) is 5.82 Å². The Hall–Kier alpha value is -1.87. The molecule has 3 nitrogen and oxygen atoms in total. The zero-order chi connectivity index (χ0) is 15.5. The minimum absolute atomic E-state index is 0.0838. The van der Waals surface area contributed by atoms with Crippen molar-refractivity contribution in [2.75, 3.05) is 18.5 Å². The van der Waals surface area contributed by atoms with Gasteiger partial charge in [0.25, 0.3) is 0 Å². The summed E-state index contributed by atoms with van der Waals surface area (Å²) in [4.78, 5) is 6.97. The lowest BCUT2D eigenvalue weighted by molar-refractivity contribution is 0.421. The number of pyridine rings is 1. The van der Waals surface area contributed by atoms with Crippen LogP contribution in [0.25, 0.3) is 10.8 Å². The minimum atomic E-state index is 0.0838. The number of hydrogen-bond donors (Lipinski definition) is 1. The average molecular weight is 283 g/mol. The first kappa shape index (κ1) is 15.5. The molecule has 0 fully saturated rings. The van der Waals surface area contributed by atoms with Gasteiger partial charge in [-0.1, -0.05) is 30.3 Å². The lowest BCUT2D eigenvalue weighted by Crippen LogP contribution is -2.35. The number of nitrogens with zero attached hydrogens (tertiary/aromatic N) is 2. The number of anilines is 1. The molecule has 2 aromatic rings. The molecule has 1 aromatic carbocycles. The van der Waals surface area contributed by atoms with Gasteiger partial charge in [-0.05, 0) is 32.2 Å². The summed E-state index contributed by atoms with van der Waals surface area (Å²) in [6.45, 7) is 11.9. The third kappa shape index (κ3) is 4.05. The Balaban J connectivity index is 2.41. The molecule has 21 heavy (non-hydrogen) atoms. The lowest BCUT2D eigenvalue weighted by Gasteiger charge is -2.22. The highest BCUT2D eigenvalue weighted by Crippen LogP contribution is 2.25. The van der Waals surface area contributed by atoms with Crippen LogP contribution in [0.4, 0.5) is 5.82 Å². The molecule has 0 aliphatic carbocycles. The van der Waals surface area contributed by atoms with Gasteiger partial charge in [-0.25, -0.2) is 4.98 Å². The van der Waals surface area contributed by atoms with Crippen molar-refractivity contribution in [3.63, 3.8) is 0 Å². The predicted molar refractivity (Wildman–Crippen MR) is 91.8 cm³/mol. The van der Waals surface area contributed by atoms with Crippen molar-refractivity contribution in [2.45, 2.75) is 32.9 Å². The fourth-order valence-corrected chi connectivity index (χ4v) is 2.25. The molecule has 0 aliphatic rings. The van der Waals surface area contributed by atoms with Crippen molar-refractivity contribution in [2.24, 2.45) is 0 Å². The molecule has 0 bridgehead atoms. The second kappa shape index (κ2) is 6.27. The summed E-state index contributed by atoms with van der Waals surface area (Å²) >= 11 is 0. The van der Waals surface area contributed by atoms with Gasteiger partial charge in [-0.15, -0.1) is 6.58 Å². The molecule has 0 atom stereocenters. The van der Waals surface area contributed by atoms with E-state index in [2.05, 4.69) is 74.9 Å². The molecule has 0 unspecified atom stereocenters. The Kier molecular flexibility index (Phi) is 4.63. The van der Waals surface area contributed by atoms with Crippen LogP contribution < -0.4 is 10.2 Å². The fourth-order valence-electron chi connectivity index (χ4n) is 2.25. The molecule has 0 saturated carbocycles. The first-order chi connectivity index (χ1) is 9.90. The van der Waals surface area contributed by atoms with E-state index in [-0.39, 0.29) is 5.54 Å². The van der Waals surface area contributed by atoms with E-state index in [1.165, 1.54) is 10.8 Å². The zero-order valence-corrected chi connectivity index (χ0v) is 13.5. The van der Waals surface area contributed by atoms with Crippen LogP contribution in [0.1, 0.15) is 26.5 Å². The first-order valence-electron chi connectivity index (χ1n) is 7.36. The van der Waals surface area contributed by atoms with Gasteiger partial charge in [0.15, 0.2) is 0 Å². The van der Waals surface area contributed by atoms with Crippen LogP contribution in [0.15, 0.2) is 43.0 Å². The van der Waals surface area contributed by atoms with Crippen molar-refractivity contribution < 1.29 is 0 Å². The van der Waals surface area contributed by atoms with Gasteiger partial charge < -0.3 is 10.2 Å². The normalized spacial score (nSPS) is 11.6. The molecule has 0 amide bonds. The van der Waals surface area contributed by atoms with E-state index < -0.39 is 0 Å². The Labute approximate surface area is 127 Å². The third-order valence-electron chi connectivity index (χ3n) is 3.34. The molecule has 1 N–H and O–H groups in total. The summed E-state index contributed by atoms with van der Waals surface area (Å²) < 4.78 is 0. The van der Waals surface area contributed by atoms with Crippen LogP contribution in [-0.4, -0.2) is 24.1 Å². The number of likely N-dealkylation sites (N-methyl/N-ethyl adjacent to an activating group) is 1. The number of rotatable bonds is 5. The predicted octanol–water partition coefficient (Wildman–Crippen LogP) is 3.75. The zero-order valence-electron chi connectivity index (χ0n) is 13.5. The van der Waals surface area contributed by atoms with E-state index in [1.807, 2.05) is 6.08 Å². The molecule has 2 rings (SSSR count). The van der Waals surface area contributed by atoms with Crippen LogP contribution >= 0.6 is 0 Å². The lowest BCUT2D eigenvalue weighted by atomic mass is 10.1. The van der Waals surface area contributed by atoms with E-state index in [9.17, 15) is 0 Å². The minimum Gasteiger partial charge on any atom is -0.355 e. The van der Waals surface area contributed by atoms with Crippen LogP contribution in [0, 0.1) is 0 Å².